The molecule has 0 aliphatic rings. The molecule has 0 saturated heterocycles. The molecule has 2 aromatic carbocycles. The van der Waals surface area contributed by atoms with Crippen molar-refractivity contribution in [2.24, 2.45) is 0 Å². The van der Waals surface area contributed by atoms with Crippen LogP contribution in [0.25, 0.3) is 22.6 Å². The highest BCUT2D eigenvalue weighted by atomic mass is 16.5. The third-order valence-electron chi connectivity index (χ3n) is 2.74. The first kappa shape index (κ1) is 10.7. The van der Waals surface area contributed by atoms with E-state index < -0.39 is 0 Å². The van der Waals surface area contributed by atoms with Crippen LogP contribution in [0.1, 0.15) is 5.82 Å². The average Bonchev–Trinajstić information content (AvgIpc) is 2.87. The lowest BCUT2D eigenvalue weighted by Crippen LogP contribution is -1.81. The van der Waals surface area contributed by atoms with Crippen molar-refractivity contribution >= 4 is 0 Å². The number of nitrogens with zero attached hydrogens (tertiary/aromatic N) is 2. The molecule has 3 aromatic rings. The van der Waals surface area contributed by atoms with Crippen LogP contribution < -0.4 is 0 Å². The molecule has 1 heterocycles. The zero-order chi connectivity index (χ0) is 12.4. The summed E-state index contributed by atoms with van der Waals surface area (Å²) >= 11 is 0. The number of benzene rings is 2. The van der Waals surface area contributed by atoms with Crippen molar-refractivity contribution in [3.8, 4) is 22.6 Å². The molecular formula is C15H12N2O. The van der Waals surface area contributed by atoms with Gasteiger partial charge >= 0.3 is 0 Å². The van der Waals surface area contributed by atoms with Crippen molar-refractivity contribution in [1.82, 2.24) is 10.1 Å². The van der Waals surface area contributed by atoms with Gasteiger partial charge in [0.15, 0.2) is 5.82 Å². The lowest BCUT2D eigenvalue weighted by Gasteiger charge is -2.02. The lowest BCUT2D eigenvalue weighted by molar-refractivity contribution is 0.425. The molecule has 0 N–H and O–H groups in total. The number of aryl methyl sites for hydroxylation is 1. The topological polar surface area (TPSA) is 38.9 Å². The molecule has 0 aliphatic heterocycles. The fourth-order valence-corrected chi connectivity index (χ4v) is 1.88. The normalized spacial score (nSPS) is 10.5. The van der Waals surface area contributed by atoms with Crippen LogP contribution >= 0.6 is 0 Å². The van der Waals surface area contributed by atoms with Gasteiger partial charge < -0.3 is 4.52 Å². The van der Waals surface area contributed by atoms with E-state index in [-0.39, 0.29) is 0 Å². The van der Waals surface area contributed by atoms with Crippen LogP contribution in [0, 0.1) is 6.92 Å². The summed E-state index contributed by atoms with van der Waals surface area (Å²) in [7, 11) is 0. The molecule has 0 spiro atoms. The van der Waals surface area contributed by atoms with E-state index in [9.17, 15) is 0 Å². The van der Waals surface area contributed by atoms with Crippen molar-refractivity contribution < 1.29 is 4.52 Å². The van der Waals surface area contributed by atoms with Gasteiger partial charge in [0.1, 0.15) is 0 Å². The average molecular weight is 236 g/mol. The number of hydrogen-bond donors (Lipinski definition) is 0. The maximum atomic E-state index is 5.18. The van der Waals surface area contributed by atoms with E-state index >= 15 is 0 Å². The van der Waals surface area contributed by atoms with Crippen LogP contribution in [0.5, 0.6) is 0 Å². The Balaban J connectivity index is 2.05. The van der Waals surface area contributed by atoms with Crippen molar-refractivity contribution in [3.05, 3.63) is 60.4 Å². The summed E-state index contributed by atoms with van der Waals surface area (Å²) in [5, 5.41) is 3.81. The second-order valence-electron chi connectivity index (χ2n) is 4.09. The standard InChI is InChI=1S/C15H12N2O/c1-11-16-15(18-17-11)14-9-5-8-13(10-14)12-6-3-2-4-7-12/h2-10H,1H3. The van der Waals surface area contributed by atoms with Gasteiger partial charge in [0.25, 0.3) is 5.89 Å². The molecule has 0 aliphatic carbocycles. The van der Waals surface area contributed by atoms with E-state index in [0.717, 1.165) is 11.1 Å². The molecule has 3 heteroatoms. The second kappa shape index (κ2) is 4.45. The summed E-state index contributed by atoms with van der Waals surface area (Å²) in [4.78, 5) is 4.24. The lowest BCUT2D eigenvalue weighted by atomic mass is 10.0. The molecule has 0 unspecified atom stereocenters. The molecule has 0 radical (unpaired) electrons. The summed E-state index contributed by atoms with van der Waals surface area (Å²) in [5.41, 5.74) is 3.26. The summed E-state index contributed by atoms with van der Waals surface area (Å²) in [6, 6.07) is 18.3. The highest BCUT2D eigenvalue weighted by molar-refractivity contribution is 5.69. The van der Waals surface area contributed by atoms with Crippen LogP contribution in [0.2, 0.25) is 0 Å². The van der Waals surface area contributed by atoms with E-state index in [1.54, 1.807) is 0 Å². The van der Waals surface area contributed by atoms with Gasteiger partial charge in [-0.15, -0.1) is 0 Å². The Hall–Kier alpha value is -2.42. The third-order valence-corrected chi connectivity index (χ3v) is 2.74. The highest BCUT2D eigenvalue weighted by Gasteiger charge is 2.07. The Labute approximate surface area is 105 Å². The second-order valence-corrected chi connectivity index (χ2v) is 4.09. The Kier molecular flexibility index (Phi) is 2.65. The molecule has 0 bridgehead atoms. The monoisotopic (exact) mass is 236 g/mol. The van der Waals surface area contributed by atoms with E-state index in [1.165, 1.54) is 5.56 Å². The van der Waals surface area contributed by atoms with Gasteiger partial charge in [0.2, 0.25) is 0 Å². The zero-order valence-electron chi connectivity index (χ0n) is 10.00. The molecule has 88 valence electrons. The third kappa shape index (κ3) is 2.02. The van der Waals surface area contributed by atoms with Crippen LogP contribution in [-0.2, 0) is 0 Å². The number of rotatable bonds is 2. The van der Waals surface area contributed by atoms with Gasteiger partial charge in [-0.25, -0.2) is 0 Å². The quantitative estimate of drug-likeness (QED) is 0.680. The Morgan fingerprint density at radius 2 is 1.56 bits per heavy atom. The van der Waals surface area contributed by atoms with Crippen LogP contribution in [0.4, 0.5) is 0 Å². The molecule has 0 amide bonds. The SMILES string of the molecule is Cc1noc(-c2cccc(-c3ccccc3)c2)n1. The van der Waals surface area contributed by atoms with Crippen LogP contribution in [-0.4, -0.2) is 10.1 Å². The number of aromatic nitrogens is 2. The zero-order valence-corrected chi connectivity index (χ0v) is 10.00. The van der Waals surface area contributed by atoms with Gasteiger partial charge in [0.05, 0.1) is 0 Å². The first-order valence-corrected chi connectivity index (χ1v) is 5.79. The summed E-state index contributed by atoms with van der Waals surface area (Å²) in [6.45, 7) is 1.81. The minimum atomic E-state index is 0.560. The fourth-order valence-electron chi connectivity index (χ4n) is 1.88. The van der Waals surface area contributed by atoms with Gasteiger partial charge in [0, 0.05) is 5.56 Å². The summed E-state index contributed by atoms with van der Waals surface area (Å²) in [6.07, 6.45) is 0. The van der Waals surface area contributed by atoms with Crippen LogP contribution in [0.15, 0.2) is 59.1 Å². The number of hydrogen-bond acceptors (Lipinski definition) is 3. The van der Waals surface area contributed by atoms with Crippen LogP contribution in [0.3, 0.4) is 0 Å². The van der Waals surface area contributed by atoms with Crippen molar-refractivity contribution in [2.75, 3.05) is 0 Å². The van der Waals surface area contributed by atoms with Gasteiger partial charge in [-0.2, -0.15) is 4.98 Å². The fraction of sp³-hybridized carbons (Fsp3) is 0.0667. The molecule has 3 nitrogen and oxygen atoms in total. The maximum absolute atomic E-state index is 5.18. The van der Waals surface area contributed by atoms with Crippen molar-refractivity contribution in [1.29, 1.82) is 0 Å². The van der Waals surface area contributed by atoms with Gasteiger partial charge in [-0.3, -0.25) is 0 Å². The summed E-state index contributed by atoms with van der Waals surface area (Å²) < 4.78 is 5.18. The molecule has 1 aromatic heterocycles. The van der Waals surface area contributed by atoms with Crippen molar-refractivity contribution in [3.63, 3.8) is 0 Å². The first-order chi connectivity index (χ1) is 8.83. The molecule has 0 atom stereocenters. The largest absolute Gasteiger partial charge is 0.334 e. The minimum Gasteiger partial charge on any atom is -0.334 e. The Bertz CT molecular complexity index is 659. The maximum Gasteiger partial charge on any atom is 0.257 e. The summed E-state index contributed by atoms with van der Waals surface area (Å²) in [5.74, 6) is 1.21. The molecular weight excluding hydrogens is 224 g/mol. The van der Waals surface area contributed by atoms with E-state index in [0.29, 0.717) is 11.7 Å². The first-order valence-electron chi connectivity index (χ1n) is 5.79. The van der Waals surface area contributed by atoms with Gasteiger partial charge in [-0.05, 0) is 30.2 Å². The van der Waals surface area contributed by atoms with Gasteiger partial charge in [-0.1, -0.05) is 47.6 Å². The van der Waals surface area contributed by atoms with E-state index in [2.05, 4.69) is 34.4 Å². The molecule has 0 saturated carbocycles. The Morgan fingerprint density at radius 3 is 2.28 bits per heavy atom. The molecule has 18 heavy (non-hydrogen) atoms. The van der Waals surface area contributed by atoms with Crippen molar-refractivity contribution in [2.45, 2.75) is 6.92 Å². The predicted molar refractivity (Wildman–Crippen MR) is 69.9 cm³/mol. The molecule has 3 rings (SSSR count). The highest BCUT2D eigenvalue weighted by Crippen LogP contribution is 2.25. The Morgan fingerprint density at radius 1 is 0.833 bits per heavy atom. The minimum absolute atomic E-state index is 0.560. The predicted octanol–water partition coefficient (Wildman–Crippen LogP) is 3.71. The van der Waals surface area contributed by atoms with E-state index in [1.807, 2.05) is 37.3 Å². The molecule has 0 fully saturated rings. The van der Waals surface area contributed by atoms with E-state index in [4.69, 9.17) is 4.52 Å². The smallest absolute Gasteiger partial charge is 0.257 e.